The van der Waals surface area contributed by atoms with E-state index < -0.39 is 9.84 Å². The fourth-order valence-electron chi connectivity index (χ4n) is 5.50. The molecule has 38 heavy (non-hydrogen) atoms. The van der Waals surface area contributed by atoms with Gasteiger partial charge in [0.1, 0.15) is 0 Å². The third-order valence-electron chi connectivity index (χ3n) is 8.09. The van der Waals surface area contributed by atoms with E-state index in [0.717, 1.165) is 69.3 Å². The molecule has 0 bridgehead atoms. The number of hydrogen-bond acceptors (Lipinski definition) is 5. The zero-order chi connectivity index (χ0) is 27.1. The van der Waals surface area contributed by atoms with Crippen LogP contribution in [0.5, 0.6) is 0 Å². The monoisotopic (exact) mass is 539 g/mol. The second-order valence-corrected chi connectivity index (χ2v) is 12.7. The Morgan fingerprint density at radius 1 is 1.00 bits per heavy atom. The quantitative estimate of drug-likeness (QED) is 0.467. The van der Waals surface area contributed by atoms with Gasteiger partial charge in [-0.05, 0) is 62.3 Å². The van der Waals surface area contributed by atoms with Gasteiger partial charge in [0.05, 0.1) is 17.4 Å². The van der Waals surface area contributed by atoms with Gasteiger partial charge in [0.2, 0.25) is 11.8 Å². The SMILES string of the molecule is CCN(C(=O)Cc1ccc(S(C)(=O)=O)cc1)C1CCN(CCC(NC(=O)C2CCC2)c2ccccc2)CC1. The van der Waals surface area contributed by atoms with Crippen LogP contribution in [0.1, 0.15) is 62.6 Å². The molecule has 0 aromatic heterocycles. The predicted octanol–water partition coefficient (Wildman–Crippen LogP) is 3.99. The highest BCUT2D eigenvalue weighted by Gasteiger charge is 2.29. The maximum absolute atomic E-state index is 13.1. The van der Waals surface area contributed by atoms with Crippen molar-refractivity contribution in [2.24, 2.45) is 5.92 Å². The largest absolute Gasteiger partial charge is 0.349 e. The van der Waals surface area contributed by atoms with Gasteiger partial charge in [-0.25, -0.2) is 8.42 Å². The van der Waals surface area contributed by atoms with Crippen LogP contribution in [0.25, 0.3) is 0 Å². The minimum absolute atomic E-state index is 0.0184. The summed E-state index contributed by atoms with van der Waals surface area (Å²) < 4.78 is 23.4. The molecule has 2 fully saturated rings. The van der Waals surface area contributed by atoms with E-state index in [2.05, 4.69) is 22.3 Å². The first-order chi connectivity index (χ1) is 18.2. The van der Waals surface area contributed by atoms with Crippen molar-refractivity contribution in [2.75, 3.05) is 32.4 Å². The second kappa shape index (κ2) is 12.9. The summed E-state index contributed by atoms with van der Waals surface area (Å²) in [5.41, 5.74) is 1.98. The van der Waals surface area contributed by atoms with Crippen LogP contribution in [0.3, 0.4) is 0 Å². The van der Waals surface area contributed by atoms with E-state index >= 15 is 0 Å². The Labute approximate surface area is 227 Å². The summed E-state index contributed by atoms with van der Waals surface area (Å²) in [6.07, 6.45) is 7.33. The van der Waals surface area contributed by atoms with Crippen molar-refractivity contribution in [3.63, 3.8) is 0 Å². The van der Waals surface area contributed by atoms with E-state index in [1.807, 2.05) is 30.0 Å². The van der Waals surface area contributed by atoms with E-state index in [4.69, 9.17) is 0 Å². The first kappa shape index (κ1) is 28.3. The molecule has 1 unspecified atom stereocenters. The molecule has 0 spiro atoms. The van der Waals surface area contributed by atoms with Crippen molar-refractivity contribution in [2.45, 2.75) is 68.8 Å². The summed E-state index contributed by atoms with van der Waals surface area (Å²) in [4.78, 5) is 30.5. The molecule has 1 heterocycles. The molecule has 1 saturated heterocycles. The Morgan fingerprint density at radius 2 is 1.66 bits per heavy atom. The highest BCUT2D eigenvalue weighted by Crippen LogP contribution is 2.28. The lowest BCUT2D eigenvalue weighted by atomic mass is 9.84. The zero-order valence-electron chi connectivity index (χ0n) is 22.6. The Bertz CT molecular complexity index is 1170. The van der Waals surface area contributed by atoms with Crippen LogP contribution < -0.4 is 5.32 Å². The summed E-state index contributed by atoms with van der Waals surface area (Å²) >= 11 is 0. The summed E-state index contributed by atoms with van der Waals surface area (Å²) in [6, 6.07) is 17.1. The number of amides is 2. The van der Waals surface area contributed by atoms with Gasteiger partial charge in [-0.15, -0.1) is 0 Å². The van der Waals surface area contributed by atoms with Gasteiger partial charge in [-0.3, -0.25) is 9.59 Å². The predicted molar refractivity (Wildman–Crippen MR) is 149 cm³/mol. The van der Waals surface area contributed by atoms with Gasteiger partial charge in [0.15, 0.2) is 9.84 Å². The number of rotatable bonds is 11. The third kappa shape index (κ3) is 7.44. The minimum atomic E-state index is -3.25. The number of nitrogens with zero attached hydrogens (tertiary/aromatic N) is 2. The molecule has 2 amide bonds. The van der Waals surface area contributed by atoms with Crippen molar-refractivity contribution in [1.82, 2.24) is 15.1 Å². The molecule has 1 saturated carbocycles. The van der Waals surface area contributed by atoms with Crippen LogP contribution in [0.4, 0.5) is 0 Å². The number of likely N-dealkylation sites (N-methyl/N-ethyl adjacent to an activating group) is 1. The smallest absolute Gasteiger partial charge is 0.227 e. The minimum Gasteiger partial charge on any atom is -0.349 e. The molecule has 1 aliphatic carbocycles. The zero-order valence-corrected chi connectivity index (χ0v) is 23.5. The Kier molecular flexibility index (Phi) is 9.60. The van der Waals surface area contributed by atoms with Crippen LogP contribution >= 0.6 is 0 Å². The van der Waals surface area contributed by atoms with E-state index in [-0.39, 0.29) is 41.1 Å². The summed E-state index contributed by atoms with van der Waals surface area (Å²) in [6.45, 7) is 5.44. The number of nitrogens with one attached hydrogen (secondary N) is 1. The Balaban J connectivity index is 1.28. The topological polar surface area (TPSA) is 86.8 Å². The standard InChI is InChI=1S/C30H41N3O4S/c1-3-33(29(34)22-23-12-14-27(15-13-23)38(2,36)37)26-16-19-32(20-17-26)21-18-28(24-8-5-4-6-9-24)31-30(35)25-10-7-11-25/h4-6,8-9,12-15,25-26,28H,3,7,10-11,16-22H2,1-2H3,(H,31,35). The first-order valence-electron chi connectivity index (χ1n) is 13.9. The highest BCUT2D eigenvalue weighted by molar-refractivity contribution is 7.90. The highest BCUT2D eigenvalue weighted by atomic mass is 32.2. The van der Waals surface area contributed by atoms with Crippen LogP contribution in [0.2, 0.25) is 0 Å². The average molecular weight is 540 g/mol. The van der Waals surface area contributed by atoms with Crippen molar-refractivity contribution in [3.8, 4) is 0 Å². The third-order valence-corrected chi connectivity index (χ3v) is 9.22. The lowest BCUT2D eigenvalue weighted by molar-refractivity contribution is -0.133. The second-order valence-electron chi connectivity index (χ2n) is 10.7. The maximum atomic E-state index is 13.1. The molecule has 206 valence electrons. The fraction of sp³-hybridized carbons (Fsp3) is 0.533. The molecule has 0 radical (unpaired) electrons. The van der Waals surface area contributed by atoms with Gasteiger partial charge in [0.25, 0.3) is 0 Å². The van der Waals surface area contributed by atoms with Crippen molar-refractivity contribution < 1.29 is 18.0 Å². The summed E-state index contributed by atoms with van der Waals surface area (Å²) in [5, 5.41) is 3.31. The maximum Gasteiger partial charge on any atom is 0.227 e. The summed E-state index contributed by atoms with van der Waals surface area (Å²) in [5.74, 6) is 0.444. The van der Waals surface area contributed by atoms with Gasteiger partial charge < -0.3 is 15.1 Å². The van der Waals surface area contributed by atoms with Crippen molar-refractivity contribution in [3.05, 3.63) is 65.7 Å². The molecule has 2 aromatic rings. The van der Waals surface area contributed by atoms with Gasteiger partial charge in [-0.2, -0.15) is 0 Å². The van der Waals surface area contributed by atoms with E-state index in [0.29, 0.717) is 6.54 Å². The van der Waals surface area contributed by atoms with Crippen molar-refractivity contribution >= 4 is 21.7 Å². The Morgan fingerprint density at radius 3 is 2.21 bits per heavy atom. The van der Waals surface area contributed by atoms with E-state index in [9.17, 15) is 18.0 Å². The van der Waals surface area contributed by atoms with E-state index in [1.54, 1.807) is 24.3 Å². The molecule has 1 N–H and O–H groups in total. The van der Waals surface area contributed by atoms with Gasteiger partial charge >= 0.3 is 0 Å². The van der Waals surface area contributed by atoms with Gasteiger partial charge in [0, 0.05) is 44.4 Å². The van der Waals surface area contributed by atoms with E-state index in [1.165, 1.54) is 6.26 Å². The normalized spacial score (nSPS) is 17.9. The lowest BCUT2D eigenvalue weighted by Crippen LogP contribution is -2.48. The molecule has 1 aliphatic heterocycles. The molecular weight excluding hydrogens is 498 g/mol. The van der Waals surface area contributed by atoms with Crippen LogP contribution in [0.15, 0.2) is 59.5 Å². The lowest BCUT2D eigenvalue weighted by Gasteiger charge is -2.38. The molecule has 1 atom stereocenters. The number of hydrogen-bond donors (Lipinski definition) is 1. The number of likely N-dealkylation sites (tertiary alicyclic amines) is 1. The average Bonchev–Trinajstić information content (AvgIpc) is 2.87. The van der Waals surface area contributed by atoms with Crippen LogP contribution in [-0.2, 0) is 25.8 Å². The van der Waals surface area contributed by atoms with Crippen LogP contribution in [-0.4, -0.2) is 68.5 Å². The summed E-state index contributed by atoms with van der Waals surface area (Å²) in [7, 11) is -3.25. The number of sulfone groups is 1. The molecule has 2 aliphatic rings. The molecule has 4 rings (SSSR count). The fourth-order valence-corrected chi connectivity index (χ4v) is 6.13. The number of carbonyl (C=O) groups excluding carboxylic acids is 2. The Hall–Kier alpha value is -2.71. The number of piperidine rings is 1. The number of carbonyl (C=O) groups is 2. The molecular formula is C30H41N3O4S. The van der Waals surface area contributed by atoms with Crippen LogP contribution in [0, 0.1) is 5.92 Å². The first-order valence-corrected chi connectivity index (χ1v) is 15.8. The molecule has 8 heteroatoms. The number of benzene rings is 2. The molecule has 2 aromatic carbocycles. The van der Waals surface area contributed by atoms with Gasteiger partial charge in [-0.1, -0.05) is 48.9 Å². The molecule has 7 nitrogen and oxygen atoms in total. The van der Waals surface area contributed by atoms with Crippen molar-refractivity contribution in [1.29, 1.82) is 0 Å².